The van der Waals surface area contributed by atoms with Gasteiger partial charge in [0, 0.05) is 6.20 Å². The Morgan fingerprint density at radius 3 is 2.17 bits per heavy atom. The van der Waals surface area contributed by atoms with E-state index in [-0.39, 0.29) is 5.56 Å². The molecule has 1 aromatic heterocycles. The van der Waals surface area contributed by atoms with E-state index >= 15 is 0 Å². The monoisotopic (exact) mass is 179 g/mol. The second-order valence-corrected chi connectivity index (χ2v) is 2.31. The first-order valence-electron chi connectivity index (χ1n) is 3.10. The number of alkyl halides is 3. The molecule has 0 spiro atoms. The van der Waals surface area contributed by atoms with E-state index in [0.717, 1.165) is 6.20 Å². The van der Waals surface area contributed by atoms with Gasteiger partial charge in [0.25, 0.3) is 0 Å². The van der Waals surface area contributed by atoms with E-state index in [1.165, 1.54) is 6.92 Å². The fraction of sp³-hybridized carbons (Fsp3) is 0.286. The number of pyridine rings is 1. The van der Waals surface area contributed by atoms with Crippen LogP contribution in [0.25, 0.3) is 0 Å². The Morgan fingerprint density at radius 2 is 1.83 bits per heavy atom. The molecule has 66 valence electrons. The van der Waals surface area contributed by atoms with E-state index in [9.17, 15) is 17.6 Å². The molecule has 1 nitrogen and oxygen atoms in total. The van der Waals surface area contributed by atoms with E-state index in [1.807, 2.05) is 0 Å². The van der Waals surface area contributed by atoms with Crippen LogP contribution in [0.2, 0.25) is 0 Å². The molecule has 0 amide bonds. The number of nitrogens with zero attached hydrogens (tertiary/aromatic N) is 1. The van der Waals surface area contributed by atoms with Crippen molar-refractivity contribution in [1.29, 1.82) is 0 Å². The quantitative estimate of drug-likeness (QED) is 0.557. The third-order valence-electron chi connectivity index (χ3n) is 1.37. The smallest absolute Gasteiger partial charge is 0.261 e. The van der Waals surface area contributed by atoms with Gasteiger partial charge in [-0.2, -0.15) is 13.2 Å². The van der Waals surface area contributed by atoms with Crippen molar-refractivity contribution in [1.82, 2.24) is 4.98 Å². The number of hydrogen-bond acceptors (Lipinski definition) is 1. The molecule has 0 unspecified atom stereocenters. The van der Waals surface area contributed by atoms with Crippen molar-refractivity contribution in [3.8, 4) is 0 Å². The maximum atomic E-state index is 12.6. The van der Waals surface area contributed by atoms with Gasteiger partial charge in [0.05, 0.1) is 11.8 Å². The lowest BCUT2D eigenvalue weighted by Crippen LogP contribution is -2.10. The van der Waals surface area contributed by atoms with E-state index in [2.05, 4.69) is 4.98 Å². The summed E-state index contributed by atoms with van der Waals surface area (Å²) in [6.45, 7) is 1.17. The normalized spacial score (nSPS) is 11.8. The standard InChI is InChI=1S/C7H5F4N/c1-4-2-12-3-5(8)6(4)7(9,10)11/h2-3H,1H3. The molecule has 0 atom stereocenters. The maximum absolute atomic E-state index is 12.6. The van der Waals surface area contributed by atoms with Gasteiger partial charge in [-0.05, 0) is 12.5 Å². The van der Waals surface area contributed by atoms with Gasteiger partial charge in [-0.25, -0.2) is 4.39 Å². The van der Waals surface area contributed by atoms with Crippen molar-refractivity contribution in [3.05, 3.63) is 29.3 Å². The van der Waals surface area contributed by atoms with E-state index in [4.69, 9.17) is 0 Å². The molecule has 0 aliphatic rings. The molecule has 0 aliphatic carbocycles. The lowest BCUT2D eigenvalue weighted by molar-refractivity contribution is -0.140. The Kier molecular flexibility index (Phi) is 2.04. The highest BCUT2D eigenvalue weighted by molar-refractivity contribution is 5.26. The van der Waals surface area contributed by atoms with Crippen molar-refractivity contribution in [2.75, 3.05) is 0 Å². The molecule has 0 radical (unpaired) electrons. The number of aryl methyl sites for hydroxylation is 1. The van der Waals surface area contributed by atoms with Gasteiger partial charge >= 0.3 is 6.18 Å². The van der Waals surface area contributed by atoms with Crippen molar-refractivity contribution < 1.29 is 17.6 Å². The summed E-state index contributed by atoms with van der Waals surface area (Å²) in [6.07, 6.45) is -3.11. The summed E-state index contributed by atoms with van der Waals surface area (Å²) in [5, 5.41) is 0. The molecule has 1 aromatic rings. The van der Waals surface area contributed by atoms with Gasteiger partial charge in [-0.3, -0.25) is 4.98 Å². The lowest BCUT2D eigenvalue weighted by atomic mass is 10.1. The van der Waals surface area contributed by atoms with Crippen LogP contribution < -0.4 is 0 Å². The first-order valence-corrected chi connectivity index (χ1v) is 3.10. The molecule has 1 heterocycles. The summed E-state index contributed by atoms with van der Waals surface area (Å²) in [5.41, 5.74) is -1.44. The Hall–Kier alpha value is -1.13. The Morgan fingerprint density at radius 1 is 1.25 bits per heavy atom. The van der Waals surface area contributed by atoms with Gasteiger partial charge in [-0.15, -0.1) is 0 Å². The predicted molar refractivity (Wildman–Crippen MR) is 33.9 cm³/mol. The SMILES string of the molecule is Cc1cncc(F)c1C(F)(F)F. The zero-order valence-electron chi connectivity index (χ0n) is 6.11. The van der Waals surface area contributed by atoms with Crippen LogP contribution in [-0.2, 0) is 6.18 Å². The Labute approximate surface area is 66.0 Å². The fourth-order valence-corrected chi connectivity index (χ4v) is 0.891. The third kappa shape index (κ3) is 1.54. The van der Waals surface area contributed by atoms with Crippen LogP contribution >= 0.6 is 0 Å². The maximum Gasteiger partial charge on any atom is 0.419 e. The van der Waals surface area contributed by atoms with E-state index < -0.39 is 17.6 Å². The van der Waals surface area contributed by atoms with Crippen molar-refractivity contribution >= 4 is 0 Å². The molecule has 0 saturated heterocycles. The Bertz CT molecular complexity index is 272. The van der Waals surface area contributed by atoms with Crippen LogP contribution in [0.3, 0.4) is 0 Å². The van der Waals surface area contributed by atoms with Crippen molar-refractivity contribution in [3.63, 3.8) is 0 Å². The van der Waals surface area contributed by atoms with Gasteiger partial charge < -0.3 is 0 Å². The summed E-state index contributed by atoms with van der Waals surface area (Å²) in [4.78, 5) is 3.28. The number of halogens is 4. The molecule has 5 heteroatoms. The molecule has 1 rings (SSSR count). The van der Waals surface area contributed by atoms with Gasteiger partial charge in [0.1, 0.15) is 0 Å². The van der Waals surface area contributed by atoms with Crippen LogP contribution in [0, 0.1) is 12.7 Å². The minimum absolute atomic E-state index is 0.206. The summed E-state index contributed by atoms with van der Waals surface area (Å²) < 4.78 is 48.7. The predicted octanol–water partition coefficient (Wildman–Crippen LogP) is 2.55. The molecule has 0 bridgehead atoms. The van der Waals surface area contributed by atoms with Crippen molar-refractivity contribution in [2.45, 2.75) is 13.1 Å². The lowest BCUT2D eigenvalue weighted by Gasteiger charge is -2.09. The summed E-state index contributed by atoms with van der Waals surface area (Å²) >= 11 is 0. The molecule has 0 N–H and O–H groups in total. The minimum atomic E-state index is -4.64. The largest absolute Gasteiger partial charge is 0.419 e. The first kappa shape index (κ1) is 8.96. The van der Waals surface area contributed by atoms with Crippen LogP contribution in [0.15, 0.2) is 12.4 Å². The molecule has 0 aromatic carbocycles. The number of rotatable bonds is 0. The first-order chi connectivity index (χ1) is 5.43. The van der Waals surface area contributed by atoms with Crippen LogP contribution in [0.5, 0.6) is 0 Å². The van der Waals surface area contributed by atoms with Crippen LogP contribution in [0.4, 0.5) is 17.6 Å². The van der Waals surface area contributed by atoms with E-state index in [1.54, 1.807) is 0 Å². The highest BCUT2D eigenvalue weighted by Gasteiger charge is 2.35. The van der Waals surface area contributed by atoms with Gasteiger partial charge in [0.15, 0.2) is 5.82 Å². The highest BCUT2D eigenvalue weighted by Crippen LogP contribution is 2.32. The van der Waals surface area contributed by atoms with Crippen LogP contribution in [0.1, 0.15) is 11.1 Å². The molecule has 0 aliphatic heterocycles. The molecular formula is C7H5F4N. The fourth-order valence-electron chi connectivity index (χ4n) is 0.891. The van der Waals surface area contributed by atoms with Crippen molar-refractivity contribution in [2.24, 2.45) is 0 Å². The average molecular weight is 179 g/mol. The molecule has 0 saturated carbocycles. The average Bonchev–Trinajstić information content (AvgIpc) is 1.82. The third-order valence-corrected chi connectivity index (χ3v) is 1.37. The van der Waals surface area contributed by atoms with Gasteiger partial charge in [-0.1, -0.05) is 0 Å². The molecule has 12 heavy (non-hydrogen) atoms. The molecule has 0 fully saturated rings. The number of aromatic nitrogens is 1. The second-order valence-electron chi connectivity index (χ2n) is 2.31. The minimum Gasteiger partial charge on any atom is -0.261 e. The Balaban J connectivity index is 3.31. The summed E-state index contributed by atoms with van der Waals surface area (Å²) in [7, 11) is 0. The molecular weight excluding hydrogens is 174 g/mol. The van der Waals surface area contributed by atoms with E-state index in [0.29, 0.717) is 6.20 Å². The second kappa shape index (κ2) is 2.73. The highest BCUT2D eigenvalue weighted by atomic mass is 19.4. The van der Waals surface area contributed by atoms with Crippen LogP contribution in [-0.4, -0.2) is 4.98 Å². The zero-order valence-corrected chi connectivity index (χ0v) is 6.11. The summed E-state index contributed by atoms with van der Waals surface area (Å²) in [6, 6.07) is 0. The zero-order chi connectivity index (χ0) is 9.35. The topological polar surface area (TPSA) is 12.9 Å². The van der Waals surface area contributed by atoms with Gasteiger partial charge in [0.2, 0.25) is 0 Å². The summed E-state index contributed by atoms with van der Waals surface area (Å²) in [5.74, 6) is -1.33. The number of hydrogen-bond donors (Lipinski definition) is 0.